The van der Waals surface area contributed by atoms with Crippen LogP contribution in [0.3, 0.4) is 0 Å². The highest BCUT2D eigenvalue weighted by molar-refractivity contribution is 6.43. The van der Waals surface area contributed by atoms with E-state index in [0.717, 1.165) is 5.56 Å². The Morgan fingerprint density at radius 2 is 1.85 bits per heavy atom. The molecule has 0 aliphatic carbocycles. The van der Waals surface area contributed by atoms with E-state index in [1.54, 1.807) is 12.1 Å². The lowest BCUT2D eigenvalue weighted by atomic mass is 10.2. The van der Waals surface area contributed by atoms with Crippen LogP contribution < -0.4 is 5.32 Å². The molecule has 0 spiro atoms. The minimum Gasteiger partial charge on any atom is -0.316 e. The molecule has 0 atom stereocenters. The van der Waals surface area contributed by atoms with E-state index in [2.05, 4.69) is 5.32 Å². The van der Waals surface area contributed by atoms with Gasteiger partial charge in [0.1, 0.15) is 0 Å². The molecule has 1 aromatic carbocycles. The molecule has 0 saturated heterocycles. The summed E-state index contributed by atoms with van der Waals surface area (Å²) in [5.74, 6) is 0. The number of nitrogens with one attached hydrogen (secondary N) is 1. The van der Waals surface area contributed by atoms with E-state index in [9.17, 15) is 0 Å². The van der Waals surface area contributed by atoms with Gasteiger partial charge in [-0.25, -0.2) is 0 Å². The highest BCUT2D eigenvalue weighted by Crippen LogP contribution is 2.29. The van der Waals surface area contributed by atoms with Crippen LogP contribution in [0.25, 0.3) is 0 Å². The van der Waals surface area contributed by atoms with Gasteiger partial charge in [0.05, 0.1) is 10.0 Å². The maximum absolute atomic E-state index is 5.91. The Hall–Kier alpha value is 0.340. The first-order valence-corrected chi connectivity index (χ1v) is 4.56. The quantitative estimate of drug-likeness (QED) is 0.798. The minimum atomic E-state index is 0. The standard InChI is InChI=1S/C8H8Cl3N.ClH/c1-12-4-5-2-6(9)3-7(10)8(5)11;/h2-3,12H,4H2,1H3;1H. The molecule has 0 bridgehead atoms. The largest absolute Gasteiger partial charge is 0.316 e. The Kier molecular flexibility index (Phi) is 6.10. The summed E-state index contributed by atoms with van der Waals surface area (Å²) in [5, 5.41) is 4.64. The van der Waals surface area contributed by atoms with E-state index in [1.807, 2.05) is 7.05 Å². The van der Waals surface area contributed by atoms with Gasteiger partial charge in [0, 0.05) is 11.6 Å². The molecule has 0 radical (unpaired) electrons. The van der Waals surface area contributed by atoms with Crippen LogP contribution in [0.4, 0.5) is 0 Å². The summed E-state index contributed by atoms with van der Waals surface area (Å²) in [7, 11) is 1.84. The molecule has 1 nitrogen and oxygen atoms in total. The van der Waals surface area contributed by atoms with E-state index in [4.69, 9.17) is 34.8 Å². The summed E-state index contributed by atoms with van der Waals surface area (Å²) in [6, 6.07) is 3.43. The maximum atomic E-state index is 5.91. The van der Waals surface area contributed by atoms with Crippen LogP contribution in [-0.2, 0) is 6.54 Å². The second-order valence-electron chi connectivity index (χ2n) is 2.39. The van der Waals surface area contributed by atoms with E-state index in [0.29, 0.717) is 21.6 Å². The van der Waals surface area contributed by atoms with Crippen LogP contribution in [0, 0.1) is 0 Å². The Morgan fingerprint density at radius 3 is 2.38 bits per heavy atom. The van der Waals surface area contributed by atoms with Crippen molar-refractivity contribution in [1.82, 2.24) is 5.32 Å². The molecule has 13 heavy (non-hydrogen) atoms. The SMILES string of the molecule is CNCc1cc(Cl)cc(Cl)c1Cl.Cl. The van der Waals surface area contributed by atoms with Crippen molar-refractivity contribution >= 4 is 47.2 Å². The Bertz CT molecular complexity index is 288. The van der Waals surface area contributed by atoms with Crippen LogP contribution in [-0.4, -0.2) is 7.05 Å². The first-order valence-electron chi connectivity index (χ1n) is 3.43. The summed E-state index contributed by atoms with van der Waals surface area (Å²) in [4.78, 5) is 0. The van der Waals surface area contributed by atoms with Crippen LogP contribution in [0.5, 0.6) is 0 Å². The number of hydrogen-bond donors (Lipinski definition) is 1. The van der Waals surface area contributed by atoms with Crippen molar-refractivity contribution in [2.24, 2.45) is 0 Å². The fraction of sp³-hybridized carbons (Fsp3) is 0.250. The van der Waals surface area contributed by atoms with Crippen LogP contribution in [0.2, 0.25) is 15.1 Å². The lowest BCUT2D eigenvalue weighted by Gasteiger charge is -2.05. The van der Waals surface area contributed by atoms with E-state index < -0.39 is 0 Å². The molecule has 0 fully saturated rings. The third-order valence-electron chi connectivity index (χ3n) is 1.44. The van der Waals surface area contributed by atoms with Crippen molar-refractivity contribution in [2.45, 2.75) is 6.54 Å². The van der Waals surface area contributed by atoms with Gasteiger partial charge < -0.3 is 5.32 Å². The third-order valence-corrected chi connectivity index (χ3v) is 2.49. The van der Waals surface area contributed by atoms with Gasteiger partial charge >= 0.3 is 0 Å². The van der Waals surface area contributed by atoms with Gasteiger partial charge in [-0.1, -0.05) is 34.8 Å². The number of hydrogen-bond acceptors (Lipinski definition) is 1. The summed E-state index contributed by atoms with van der Waals surface area (Å²) in [5.41, 5.74) is 0.914. The Labute approximate surface area is 98.8 Å². The first-order chi connectivity index (χ1) is 5.65. The van der Waals surface area contributed by atoms with Crippen molar-refractivity contribution in [2.75, 3.05) is 7.05 Å². The number of rotatable bonds is 2. The van der Waals surface area contributed by atoms with E-state index in [-0.39, 0.29) is 12.4 Å². The highest BCUT2D eigenvalue weighted by Gasteiger charge is 2.05. The fourth-order valence-electron chi connectivity index (χ4n) is 0.928. The molecule has 74 valence electrons. The molecule has 0 amide bonds. The lowest BCUT2D eigenvalue weighted by molar-refractivity contribution is 0.818. The van der Waals surface area contributed by atoms with Gasteiger partial charge in [-0.15, -0.1) is 12.4 Å². The average molecular weight is 261 g/mol. The zero-order valence-electron chi connectivity index (χ0n) is 6.90. The predicted octanol–water partition coefficient (Wildman–Crippen LogP) is 3.79. The summed E-state index contributed by atoms with van der Waals surface area (Å²) in [6.45, 7) is 0.666. The molecular formula is C8H9Cl4N. The first kappa shape index (κ1) is 13.3. The summed E-state index contributed by atoms with van der Waals surface area (Å²) in [6.07, 6.45) is 0. The fourth-order valence-corrected chi connectivity index (χ4v) is 1.64. The molecule has 1 rings (SSSR count). The lowest BCUT2D eigenvalue weighted by Crippen LogP contribution is -2.05. The van der Waals surface area contributed by atoms with E-state index in [1.165, 1.54) is 0 Å². The summed E-state index contributed by atoms with van der Waals surface area (Å²) >= 11 is 17.5. The third kappa shape index (κ3) is 3.53. The summed E-state index contributed by atoms with van der Waals surface area (Å²) < 4.78 is 0. The van der Waals surface area contributed by atoms with Crippen molar-refractivity contribution in [3.05, 3.63) is 32.8 Å². The average Bonchev–Trinajstić information content (AvgIpc) is 2.00. The van der Waals surface area contributed by atoms with Gasteiger partial charge in [0.2, 0.25) is 0 Å². The van der Waals surface area contributed by atoms with Crippen molar-refractivity contribution < 1.29 is 0 Å². The van der Waals surface area contributed by atoms with Crippen LogP contribution in [0.1, 0.15) is 5.56 Å². The van der Waals surface area contributed by atoms with Crippen LogP contribution >= 0.6 is 47.2 Å². The topological polar surface area (TPSA) is 12.0 Å². The molecular weight excluding hydrogens is 252 g/mol. The number of halogens is 4. The van der Waals surface area contributed by atoms with Crippen molar-refractivity contribution in [3.8, 4) is 0 Å². The molecule has 0 heterocycles. The van der Waals surface area contributed by atoms with Crippen molar-refractivity contribution in [1.29, 1.82) is 0 Å². The van der Waals surface area contributed by atoms with Crippen LogP contribution in [0.15, 0.2) is 12.1 Å². The zero-order valence-corrected chi connectivity index (χ0v) is 9.99. The molecule has 0 aliphatic rings. The Morgan fingerprint density at radius 1 is 1.23 bits per heavy atom. The smallest absolute Gasteiger partial charge is 0.0638 e. The second-order valence-corrected chi connectivity index (χ2v) is 3.61. The van der Waals surface area contributed by atoms with Gasteiger partial charge in [-0.05, 0) is 24.7 Å². The van der Waals surface area contributed by atoms with E-state index >= 15 is 0 Å². The van der Waals surface area contributed by atoms with Gasteiger partial charge in [0.15, 0.2) is 0 Å². The van der Waals surface area contributed by atoms with Gasteiger partial charge in [0.25, 0.3) is 0 Å². The molecule has 0 saturated carbocycles. The monoisotopic (exact) mass is 259 g/mol. The molecule has 0 aromatic heterocycles. The molecule has 1 aromatic rings. The Balaban J connectivity index is 0.00000144. The van der Waals surface area contributed by atoms with Crippen molar-refractivity contribution in [3.63, 3.8) is 0 Å². The zero-order chi connectivity index (χ0) is 9.14. The molecule has 1 N–H and O–H groups in total. The predicted molar refractivity (Wildman–Crippen MR) is 61.5 cm³/mol. The minimum absolute atomic E-state index is 0. The maximum Gasteiger partial charge on any atom is 0.0638 e. The highest BCUT2D eigenvalue weighted by atomic mass is 35.5. The normalized spacial score (nSPS) is 9.54. The molecule has 5 heteroatoms. The molecule has 0 unspecified atom stereocenters. The second kappa shape index (κ2) is 5.94. The van der Waals surface area contributed by atoms with Gasteiger partial charge in [-0.2, -0.15) is 0 Å². The molecule has 0 aliphatic heterocycles. The van der Waals surface area contributed by atoms with Gasteiger partial charge in [-0.3, -0.25) is 0 Å². The number of benzene rings is 1.